The Morgan fingerprint density at radius 1 is 1.38 bits per heavy atom. The van der Waals surface area contributed by atoms with E-state index < -0.39 is 27.5 Å². The van der Waals surface area contributed by atoms with E-state index >= 15 is 0 Å². The van der Waals surface area contributed by atoms with Crippen LogP contribution in [-0.4, -0.2) is 51.1 Å². The summed E-state index contributed by atoms with van der Waals surface area (Å²) in [5.41, 5.74) is 0.642. The molecule has 0 aliphatic carbocycles. The Labute approximate surface area is 146 Å². The van der Waals surface area contributed by atoms with Gasteiger partial charge in [0, 0.05) is 11.9 Å². The van der Waals surface area contributed by atoms with Gasteiger partial charge in [0.15, 0.2) is 5.11 Å². The van der Waals surface area contributed by atoms with Crippen LogP contribution in [0, 0.1) is 11.3 Å². The number of nitrogens with one attached hydrogen (secondary N) is 3. The van der Waals surface area contributed by atoms with Crippen molar-refractivity contribution >= 4 is 38.8 Å². The van der Waals surface area contributed by atoms with Crippen LogP contribution in [0.15, 0.2) is 24.3 Å². The van der Waals surface area contributed by atoms with Gasteiger partial charge in [0.1, 0.15) is 28.2 Å². The first-order valence-corrected chi connectivity index (χ1v) is 9.26. The summed E-state index contributed by atoms with van der Waals surface area (Å²) in [6.45, 7) is -0.223. The topological polar surface area (TPSA) is 120 Å². The van der Waals surface area contributed by atoms with Crippen LogP contribution in [0.5, 0.6) is 5.75 Å². The van der Waals surface area contributed by atoms with E-state index in [0.29, 0.717) is 11.4 Å². The molecule has 1 atom stereocenters. The number of sulfone groups is 1. The van der Waals surface area contributed by atoms with Crippen molar-refractivity contribution in [3.63, 3.8) is 0 Å². The smallest absolute Gasteiger partial charge is 0.244 e. The molecule has 0 fully saturated rings. The minimum atomic E-state index is -3.43. The van der Waals surface area contributed by atoms with Crippen molar-refractivity contribution in [2.24, 2.45) is 0 Å². The van der Waals surface area contributed by atoms with Gasteiger partial charge >= 0.3 is 0 Å². The second kappa shape index (κ2) is 9.05. The molecule has 1 amide bonds. The second-order valence-electron chi connectivity index (χ2n) is 4.85. The number of nitriles is 1. The Morgan fingerprint density at radius 2 is 2.00 bits per heavy atom. The molecule has 1 unspecified atom stereocenters. The van der Waals surface area contributed by atoms with E-state index in [1.54, 1.807) is 37.4 Å². The van der Waals surface area contributed by atoms with Crippen molar-refractivity contribution in [1.82, 2.24) is 10.6 Å². The molecule has 24 heavy (non-hydrogen) atoms. The maximum Gasteiger partial charge on any atom is 0.244 e. The molecule has 0 aliphatic rings. The number of carbonyl (C=O) groups is 1. The lowest BCUT2D eigenvalue weighted by Crippen LogP contribution is -2.51. The number of benzene rings is 1. The molecular weight excluding hydrogens is 352 g/mol. The highest BCUT2D eigenvalue weighted by Gasteiger charge is 2.23. The predicted octanol–water partition coefficient (Wildman–Crippen LogP) is 0.0346. The molecule has 130 valence electrons. The summed E-state index contributed by atoms with van der Waals surface area (Å²) in [5, 5.41) is 16.4. The van der Waals surface area contributed by atoms with Gasteiger partial charge < -0.3 is 20.7 Å². The second-order valence-corrected chi connectivity index (χ2v) is 7.44. The molecule has 0 bridgehead atoms. The lowest BCUT2D eigenvalue weighted by molar-refractivity contribution is -0.122. The zero-order chi connectivity index (χ0) is 18.2. The lowest BCUT2D eigenvalue weighted by Gasteiger charge is -2.19. The van der Waals surface area contributed by atoms with Gasteiger partial charge in [-0.25, -0.2) is 8.42 Å². The molecule has 0 heterocycles. The standard InChI is InChI=1S/C14H18N4O4S2/c1-22-11-5-3-10(4-6-11)17-14(23)18-12(9-24(2,20)21)13(19)16-8-7-15/h3-6,12H,8-9H2,1-2H3,(H,16,19)(H2,17,18,23). The Morgan fingerprint density at radius 3 is 2.50 bits per heavy atom. The third-order valence-corrected chi connectivity index (χ3v) is 3.94. The van der Waals surface area contributed by atoms with E-state index in [2.05, 4.69) is 16.0 Å². The molecule has 1 aromatic rings. The quantitative estimate of drug-likeness (QED) is 0.454. The maximum atomic E-state index is 12.0. The maximum absolute atomic E-state index is 12.0. The first-order valence-electron chi connectivity index (χ1n) is 6.79. The molecule has 1 rings (SSSR count). The number of methoxy groups -OCH3 is 1. The van der Waals surface area contributed by atoms with Gasteiger partial charge in [-0.2, -0.15) is 5.26 Å². The average Bonchev–Trinajstić information content (AvgIpc) is 2.51. The van der Waals surface area contributed by atoms with Gasteiger partial charge in [0.25, 0.3) is 0 Å². The number of carbonyl (C=O) groups excluding carboxylic acids is 1. The largest absolute Gasteiger partial charge is 0.497 e. The van der Waals surface area contributed by atoms with E-state index in [1.807, 2.05) is 0 Å². The fourth-order valence-corrected chi connectivity index (χ4v) is 2.84. The number of amides is 1. The normalized spacial score (nSPS) is 11.7. The minimum absolute atomic E-state index is 0.0842. The summed E-state index contributed by atoms with van der Waals surface area (Å²) < 4.78 is 28.0. The molecule has 0 aromatic heterocycles. The van der Waals surface area contributed by atoms with Crippen molar-refractivity contribution < 1.29 is 17.9 Å². The number of nitrogens with zero attached hydrogens (tertiary/aromatic N) is 1. The Balaban J connectivity index is 2.74. The van der Waals surface area contributed by atoms with Crippen molar-refractivity contribution in [1.29, 1.82) is 5.26 Å². The van der Waals surface area contributed by atoms with E-state index in [9.17, 15) is 13.2 Å². The van der Waals surface area contributed by atoms with E-state index in [4.69, 9.17) is 22.2 Å². The van der Waals surface area contributed by atoms with E-state index in [-0.39, 0.29) is 11.7 Å². The first-order chi connectivity index (χ1) is 11.2. The van der Waals surface area contributed by atoms with Crippen LogP contribution in [0.25, 0.3) is 0 Å². The molecule has 8 nitrogen and oxygen atoms in total. The Hall–Kier alpha value is -2.38. The summed E-state index contributed by atoms with van der Waals surface area (Å²) in [4.78, 5) is 12.0. The molecule has 3 N–H and O–H groups in total. The highest BCUT2D eigenvalue weighted by molar-refractivity contribution is 7.90. The third-order valence-electron chi connectivity index (χ3n) is 2.78. The first kappa shape index (κ1) is 19.7. The van der Waals surface area contributed by atoms with Crippen molar-refractivity contribution in [2.45, 2.75) is 6.04 Å². The van der Waals surface area contributed by atoms with Crippen LogP contribution >= 0.6 is 12.2 Å². The molecule has 0 saturated heterocycles. The number of rotatable bonds is 7. The molecule has 0 saturated carbocycles. The van der Waals surface area contributed by atoms with Gasteiger partial charge in [0.05, 0.1) is 18.9 Å². The summed E-state index contributed by atoms with van der Waals surface area (Å²) in [5.74, 6) is -0.402. The van der Waals surface area contributed by atoms with E-state index in [1.165, 1.54) is 0 Å². The minimum Gasteiger partial charge on any atom is -0.497 e. The number of thiocarbonyl (C=S) groups is 1. The van der Waals surface area contributed by atoms with E-state index in [0.717, 1.165) is 6.26 Å². The van der Waals surface area contributed by atoms with Gasteiger partial charge in [-0.15, -0.1) is 0 Å². The number of hydrogen-bond acceptors (Lipinski definition) is 6. The average molecular weight is 370 g/mol. The highest BCUT2D eigenvalue weighted by atomic mass is 32.2. The summed E-state index contributed by atoms with van der Waals surface area (Å²) in [7, 11) is -1.89. The summed E-state index contributed by atoms with van der Waals surface area (Å²) in [6.07, 6.45) is 1.01. The molecule has 0 radical (unpaired) electrons. The molecular formula is C14H18N4O4S2. The molecule has 10 heteroatoms. The van der Waals surface area contributed by atoms with Crippen molar-refractivity contribution in [2.75, 3.05) is 31.0 Å². The Bertz CT molecular complexity index is 726. The van der Waals surface area contributed by atoms with Gasteiger partial charge in [-0.3, -0.25) is 4.79 Å². The van der Waals surface area contributed by atoms with Gasteiger partial charge in [-0.1, -0.05) is 0 Å². The van der Waals surface area contributed by atoms with Crippen LogP contribution in [0.2, 0.25) is 0 Å². The summed E-state index contributed by atoms with van der Waals surface area (Å²) >= 11 is 5.10. The van der Waals surface area contributed by atoms with Crippen LogP contribution in [0.4, 0.5) is 5.69 Å². The third kappa shape index (κ3) is 7.26. The summed E-state index contributed by atoms with van der Waals surface area (Å²) in [6, 6.07) is 7.52. The van der Waals surface area contributed by atoms with Crippen molar-refractivity contribution in [3.05, 3.63) is 24.3 Å². The zero-order valence-electron chi connectivity index (χ0n) is 13.2. The number of anilines is 1. The number of ether oxygens (including phenoxy) is 1. The van der Waals surface area contributed by atoms with Crippen LogP contribution in [-0.2, 0) is 14.6 Å². The van der Waals surface area contributed by atoms with Crippen molar-refractivity contribution in [3.8, 4) is 11.8 Å². The predicted molar refractivity (Wildman–Crippen MR) is 94.5 cm³/mol. The van der Waals surface area contributed by atoms with Gasteiger partial charge in [-0.05, 0) is 36.5 Å². The Kier molecular flexibility index (Phi) is 7.41. The SMILES string of the molecule is COc1ccc(NC(=S)NC(CS(C)(=O)=O)C(=O)NCC#N)cc1. The lowest BCUT2D eigenvalue weighted by atomic mass is 10.3. The molecule has 1 aromatic carbocycles. The highest BCUT2D eigenvalue weighted by Crippen LogP contribution is 2.14. The fourth-order valence-electron chi connectivity index (χ4n) is 1.74. The number of hydrogen-bond donors (Lipinski definition) is 3. The molecule has 0 spiro atoms. The fraction of sp³-hybridized carbons (Fsp3) is 0.357. The zero-order valence-corrected chi connectivity index (χ0v) is 14.8. The monoisotopic (exact) mass is 370 g/mol. The van der Waals surface area contributed by atoms with Gasteiger partial charge in [0.2, 0.25) is 5.91 Å². The van der Waals surface area contributed by atoms with Crippen LogP contribution in [0.1, 0.15) is 0 Å². The van der Waals surface area contributed by atoms with Crippen LogP contribution < -0.4 is 20.7 Å². The molecule has 0 aliphatic heterocycles. The van der Waals surface area contributed by atoms with Crippen LogP contribution in [0.3, 0.4) is 0 Å².